The summed E-state index contributed by atoms with van der Waals surface area (Å²) >= 11 is 0. The molecule has 6 nitrogen and oxygen atoms in total. The number of sulfonamides is 1. The minimum Gasteiger partial charge on any atom is -0.376 e. The van der Waals surface area contributed by atoms with Crippen LogP contribution in [-0.2, 0) is 19.5 Å². The molecule has 0 spiro atoms. The van der Waals surface area contributed by atoms with Crippen LogP contribution in [0.5, 0.6) is 0 Å². The average molecular weight is 314 g/mol. The van der Waals surface area contributed by atoms with Gasteiger partial charge < -0.3 is 14.8 Å². The van der Waals surface area contributed by atoms with Crippen molar-refractivity contribution in [3.8, 4) is 0 Å². The minimum absolute atomic E-state index is 0.183. The Hall–Kier alpha value is -0.990. The maximum atomic E-state index is 12.2. The zero-order valence-corrected chi connectivity index (χ0v) is 13.2. The fourth-order valence-corrected chi connectivity index (χ4v) is 3.11. The standard InChI is InChI=1S/C14H22N2O4S/c1-11(15-2)12-3-5-14(6-4-12)21(17,18)16-9-13-10-19-7-8-20-13/h3-6,11,13,15-16H,7-10H2,1-2H3. The Morgan fingerprint density at radius 1 is 1.29 bits per heavy atom. The van der Waals surface area contributed by atoms with E-state index >= 15 is 0 Å². The maximum absolute atomic E-state index is 12.2. The Labute approximate surface area is 125 Å². The molecule has 2 unspecified atom stereocenters. The SMILES string of the molecule is CNC(C)c1ccc(S(=O)(=O)NCC2COCCO2)cc1. The van der Waals surface area contributed by atoms with E-state index in [0.29, 0.717) is 19.8 Å². The molecule has 0 saturated carbocycles. The molecule has 0 aromatic heterocycles. The molecule has 2 N–H and O–H groups in total. The van der Waals surface area contributed by atoms with Crippen LogP contribution in [0.4, 0.5) is 0 Å². The van der Waals surface area contributed by atoms with Gasteiger partial charge in [-0.25, -0.2) is 13.1 Å². The summed E-state index contributed by atoms with van der Waals surface area (Å²) in [5.41, 5.74) is 1.04. The van der Waals surface area contributed by atoms with E-state index in [4.69, 9.17) is 9.47 Å². The fraction of sp³-hybridized carbons (Fsp3) is 0.571. The molecule has 2 rings (SSSR count). The molecule has 1 heterocycles. The summed E-state index contributed by atoms with van der Waals surface area (Å²) in [5.74, 6) is 0. The first-order chi connectivity index (χ1) is 10.0. The molecule has 1 saturated heterocycles. The summed E-state index contributed by atoms with van der Waals surface area (Å²) in [6, 6.07) is 7.04. The van der Waals surface area contributed by atoms with E-state index in [2.05, 4.69) is 10.0 Å². The summed E-state index contributed by atoms with van der Waals surface area (Å²) in [7, 11) is -1.65. The van der Waals surface area contributed by atoms with E-state index in [0.717, 1.165) is 5.56 Å². The van der Waals surface area contributed by atoms with Gasteiger partial charge in [-0.3, -0.25) is 0 Å². The lowest BCUT2D eigenvalue weighted by Gasteiger charge is -2.23. The molecule has 0 radical (unpaired) electrons. The highest BCUT2D eigenvalue weighted by Gasteiger charge is 2.19. The molecule has 0 aliphatic carbocycles. The second-order valence-corrected chi connectivity index (χ2v) is 6.77. The van der Waals surface area contributed by atoms with Crippen molar-refractivity contribution in [1.29, 1.82) is 0 Å². The van der Waals surface area contributed by atoms with Crippen LogP contribution >= 0.6 is 0 Å². The number of ether oxygens (including phenoxy) is 2. The molecule has 7 heteroatoms. The van der Waals surface area contributed by atoms with Gasteiger partial charge >= 0.3 is 0 Å². The van der Waals surface area contributed by atoms with Crippen LogP contribution in [0.3, 0.4) is 0 Å². The second-order valence-electron chi connectivity index (χ2n) is 5.00. The smallest absolute Gasteiger partial charge is 0.240 e. The van der Waals surface area contributed by atoms with Gasteiger partial charge in [0.05, 0.1) is 30.8 Å². The van der Waals surface area contributed by atoms with Crippen LogP contribution in [0.2, 0.25) is 0 Å². The lowest BCUT2D eigenvalue weighted by atomic mass is 10.1. The van der Waals surface area contributed by atoms with Crippen LogP contribution in [-0.4, -0.2) is 47.9 Å². The Bertz CT molecular complexity index is 539. The highest BCUT2D eigenvalue weighted by atomic mass is 32.2. The Morgan fingerprint density at radius 3 is 2.57 bits per heavy atom. The zero-order valence-electron chi connectivity index (χ0n) is 12.3. The molecule has 0 bridgehead atoms. The van der Waals surface area contributed by atoms with Gasteiger partial charge in [-0.1, -0.05) is 12.1 Å². The summed E-state index contributed by atoms with van der Waals surface area (Å²) in [6.07, 6.45) is -0.225. The van der Waals surface area contributed by atoms with E-state index in [-0.39, 0.29) is 23.6 Å². The van der Waals surface area contributed by atoms with E-state index < -0.39 is 10.0 Å². The molecular weight excluding hydrogens is 292 g/mol. The van der Waals surface area contributed by atoms with Gasteiger partial charge in [0.1, 0.15) is 0 Å². The summed E-state index contributed by atoms with van der Waals surface area (Å²) in [4.78, 5) is 0.256. The average Bonchev–Trinajstić information content (AvgIpc) is 2.53. The summed E-state index contributed by atoms with van der Waals surface area (Å²) in [6.45, 7) is 3.72. The van der Waals surface area contributed by atoms with Crippen LogP contribution < -0.4 is 10.0 Å². The van der Waals surface area contributed by atoms with E-state index in [1.54, 1.807) is 12.1 Å². The molecule has 0 amide bonds. The number of hydrogen-bond donors (Lipinski definition) is 2. The molecular formula is C14H22N2O4S. The molecule has 1 aliphatic heterocycles. The van der Waals surface area contributed by atoms with Crippen molar-refractivity contribution in [3.63, 3.8) is 0 Å². The zero-order chi connectivity index (χ0) is 15.3. The van der Waals surface area contributed by atoms with Gasteiger partial charge in [-0.2, -0.15) is 0 Å². The van der Waals surface area contributed by atoms with Crippen LogP contribution in [0, 0.1) is 0 Å². The topological polar surface area (TPSA) is 76.7 Å². The van der Waals surface area contributed by atoms with E-state index in [1.165, 1.54) is 0 Å². The first-order valence-electron chi connectivity index (χ1n) is 6.99. The van der Waals surface area contributed by atoms with Crippen molar-refractivity contribution in [1.82, 2.24) is 10.0 Å². The Balaban J connectivity index is 1.98. The number of hydrogen-bond acceptors (Lipinski definition) is 5. The number of nitrogens with one attached hydrogen (secondary N) is 2. The van der Waals surface area contributed by atoms with Gasteiger partial charge in [-0.05, 0) is 31.7 Å². The van der Waals surface area contributed by atoms with E-state index in [9.17, 15) is 8.42 Å². The highest BCUT2D eigenvalue weighted by molar-refractivity contribution is 7.89. The van der Waals surface area contributed by atoms with E-state index in [1.807, 2.05) is 26.1 Å². The van der Waals surface area contributed by atoms with Crippen LogP contribution in [0.15, 0.2) is 29.2 Å². The highest BCUT2D eigenvalue weighted by Crippen LogP contribution is 2.16. The van der Waals surface area contributed by atoms with Gasteiger partial charge in [0.25, 0.3) is 0 Å². The van der Waals surface area contributed by atoms with Crippen molar-refractivity contribution in [2.24, 2.45) is 0 Å². The van der Waals surface area contributed by atoms with Gasteiger partial charge in [-0.15, -0.1) is 0 Å². The fourth-order valence-electron chi connectivity index (χ4n) is 2.04. The van der Waals surface area contributed by atoms with Gasteiger partial charge in [0, 0.05) is 12.6 Å². The van der Waals surface area contributed by atoms with Crippen molar-refractivity contribution in [3.05, 3.63) is 29.8 Å². The first-order valence-corrected chi connectivity index (χ1v) is 8.47. The van der Waals surface area contributed by atoms with Crippen molar-refractivity contribution < 1.29 is 17.9 Å². The molecule has 1 fully saturated rings. The Kier molecular flexibility index (Phi) is 5.72. The van der Waals surface area contributed by atoms with Crippen molar-refractivity contribution in [2.45, 2.75) is 24.0 Å². The van der Waals surface area contributed by atoms with Crippen molar-refractivity contribution in [2.75, 3.05) is 33.4 Å². The summed E-state index contributed by atoms with van der Waals surface area (Å²) < 4.78 is 37.6. The largest absolute Gasteiger partial charge is 0.376 e. The lowest BCUT2D eigenvalue weighted by molar-refractivity contribution is -0.0846. The Morgan fingerprint density at radius 2 is 2.00 bits per heavy atom. The lowest BCUT2D eigenvalue weighted by Crippen LogP contribution is -2.39. The first kappa shape index (κ1) is 16.4. The third-order valence-electron chi connectivity index (χ3n) is 3.51. The molecule has 21 heavy (non-hydrogen) atoms. The van der Waals surface area contributed by atoms with Crippen LogP contribution in [0.1, 0.15) is 18.5 Å². The van der Waals surface area contributed by atoms with Crippen LogP contribution in [0.25, 0.3) is 0 Å². The molecule has 1 aromatic carbocycles. The second kappa shape index (κ2) is 7.33. The van der Waals surface area contributed by atoms with Crippen molar-refractivity contribution >= 4 is 10.0 Å². The number of benzene rings is 1. The molecule has 118 valence electrons. The number of rotatable bonds is 6. The molecule has 2 atom stereocenters. The monoisotopic (exact) mass is 314 g/mol. The predicted octanol–water partition coefficient (Wildman–Crippen LogP) is 0.661. The quantitative estimate of drug-likeness (QED) is 0.807. The summed E-state index contributed by atoms with van der Waals surface area (Å²) in [5, 5.41) is 3.11. The molecule has 1 aromatic rings. The third-order valence-corrected chi connectivity index (χ3v) is 4.95. The maximum Gasteiger partial charge on any atom is 0.240 e. The van der Waals surface area contributed by atoms with Gasteiger partial charge in [0.2, 0.25) is 10.0 Å². The predicted molar refractivity (Wildman–Crippen MR) is 79.7 cm³/mol. The van der Waals surface area contributed by atoms with Gasteiger partial charge in [0.15, 0.2) is 0 Å². The molecule has 1 aliphatic rings. The normalized spacial score (nSPS) is 21.1. The third kappa shape index (κ3) is 4.49. The minimum atomic E-state index is -3.51.